The van der Waals surface area contributed by atoms with Crippen molar-refractivity contribution in [3.05, 3.63) is 76.3 Å². The monoisotopic (exact) mass is 409 g/mol. The van der Waals surface area contributed by atoms with Gasteiger partial charge in [0.05, 0.1) is 17.6 Å². The highest BCUT2D eigenvalue weighted by Gasteiger charge is 2.24. The molecule has 1 saturated carbocycles. The summed E-state index contributed by atoms with van der Waals surface area (Å²) in [6.07, 6.45) is 6.11. The molecule has 2 aromatic carbocycles. The first kappa shape index (κ1) is 18.2. The van der Waals surface area contributed by atoms with Crippen molar-refractivity contribution >= 4 is 33.2 Å². The minimum Gasteiger partial charge on any atom is -0.304 e. The van der Waals surface area contributed by atoms with Gasteiger partial charge in [0.25, 0.3) is 5.56 Å². The molecule has 0 saturated heterocycles. The van der Waals surface area contributed by atoms with Crippen LogP contribution in [-0.4, -0.2) is 24.1 Å². The van der Waals surface area contributed by atoms with E-state index >= 15 is 0 Å². The van der Waals surface area contributed by atoms with E-state index in [-0.39, 0.29) is 11.6 Å². The summed E-state index contributed by atoms with van der Waals surface area (Å²) in [7, 11) is 0. The van der Waals surface area contributed by atoms with Crippen LogP contribution < -0.4 is 5.56 Å². The normalized spacial score (nSPS) is 14.9. The van der Waals surface area contributed by atoms with Crippen LogP contribution in [0.15, 0.2) is 59.7 Å². The summed E-state index contributed by atoms with van der Waals surface area (Å²) in [6.45, 7) is 2.67. The number of aromatic nitrogens is 5. The number of para-hydroxylation sites is 2. The molecule has 6 rings (SSSR count). The zero-order chi connectivity index (χ0) is 20.9. The maximum atomic E-state index is 13.6. The van der Waals surface area contributed by atoms with E-state index in [0.29, 0.717) is 28.7 Å². The smallest absolute Gasteiger partial charge is 0.265 e. The van der Waals surface area contributed by atoms with Gasteiger partial charge in [-0.05, 0) is 37.5 Å². The molecule has 0 spiro atoms. The van der Waals surface area contributed by atoms with E-state index in [9.17, 15) is 4.79 Å². The largest absolute Gasteiger partial charge is 0.304 e. The van der Waals surface area contributed by atoms with Crippen molar-refractivity contribution in [1.29, 1.82) is 0 Å². The molecule has 1 aliphatic carbocycles. The second kappa shape index (κ2) is 7.01. The average molecular weight is 409 g/mol. The third-order valence-corrected chi connectivity index (χ3v) is 6.46. The number of nitrogens with zero attached hydrogens (tertiary/aromatic N) is 5. The molecular weight excluding hydrogens is 386 g/mol. The molecule has 1 aliphatic rings. The fourth-order valence-corrected chi connectivity index (χ4v) is 4.79. The Hall–Kier alpha value is -3.54. The van der Waals surface area contributed by atoms with E-state index in [1.807, 2.05) is 33.4 Å². The minimum atomic E-state index is -0.00543. The van der Waals surface area contributed by atoms with Gasteiger partial charge in [0.2, 0.25) is 0 Å². The van der Waals surface area contributed by atoms with Gasteiger partial charge in [-0.2, -0.15) is 0 Å². The molecule has 0 aliphatic heterocycles. The zero-order valence-electron chi connectivity index (χ0n) is 17.5. The van der Waals surface area contributed by atoms with Crippen LogP contribution in [0.25, 0.3) is 33.2 Å². The highest BCUT2D eigenvalue weighted by molar-refractivity contribution is 6.04. The van der Waals surface area contributed by atoms with Crippen molar-refractivity contribution < 1.29 is 0 Å². The Bertz CT molecular complexity index is 1490. The van der Waals surface area contributed by atoms with Gasteiger partial charge < -0.3 is 4.57 Å². The van der Waals surface area contributed by atoms with E-state index in [1.54, 1.807) is 6.33 Å². The molecule has 31 heavy (non-hydrogen) atoms. The molecular formula is C25H23N5O. The summed E-state index contributed by atoms with van der Waals surface area (Å²) in [5.41, 5.74) is 5.97. The molecule has 5 aromatic rings. The van der Waals surface area contributed by atoms with Crippen LogP contribution in [0.2, 0.25) is 0 Å². The summed E-state index contributed by atoms with van der Waals surface area (Å²) in [5.74, 6) is 0. The summed E-state index contributed by atoms with van der Waals surface area (Å²) >= 11 is 0. The van der Waals surface area contributed by atoms with Gasteiger partial charge in [0.15, 0.2) is 11.3 Å². The number of benzene rings is 2. The predicted octanol–water partition coefficient (Wildman–Crippen LogP) is 4.77. The second-order valence-corrected chi connectivity index (χ2v) is 8.55. The highest BCUT2D eigenvalue weighted by Crippen LogP contribution is 2.30. The Morgan fingerprint density at radius 3 is 2.39 bits per heavy atom. The predicted molar refractivity (Wildman–Crippen MR) is 122 cm³/mol. The molecule has 0 N–H and O–H groups in total. The first-order chi connectivity index (χ1) is 15.2. The van der Waals surface area contributed by atoms with Crippen LogP contribution in [0, 0.1) is 6.92 Å². The number of fused-ring (bicyclic) bond motifs is 4. The van der Waals surface area contributed by atoms with E-state index in [0.717, 1.165) is 42.3 Å². The van der Waals surface area contributed by atoms with Crippen molar-refractivity contribution in [2.24, 2.45) is 0 Å². The van der Waals surface area contributed by atoms with Gasteiger partial charge in [0, 0.05) is 6.04 Å². The van der Waals surface area contributed by atoms with Gasteiger partial charge >= 0.3 is 0 Å². The molecule has 0 unspecified atom stereocenters. The van der Waals surface area contributed by atoms with Crippen molar-refractivity contribution in [2.45, 2.75) is 45.2 Å². The highest BCUT2D eigenvalue weighted by atomic mass is 16.1. The minimum absolute atomic E-state index is 0.00543. The quantitative estimate of drug-likeness (QED) is 0.431. The first-order valence-electron chi connectivity index (χ1n) is 10.9. The van der Waals surface area contributed by atoms with Crippen molar-refractivity contribution in [3.63, 3.8) is 0 Å². The lowest BCUT2D eigenvalue weighted by Crippen LogP contribution is -2.24. The van der Waals surface area contributed by atoms with Gasteiger partial charge in [-0.1, -0.05) is 54.8 Å². The molecule has 154 valence electrons. The Morgan fingerprint density at radius 1 is 0.935 bits per heavy atom. The summed E-state index contributed by atoms with van der Waals surface area (Å²) in [4.78, 5) is 28.2. The first-order valence-corrected chi connectivity index (χ1v) is 10.9. The van der Waals surface area contributed by atoms with Crippen molar-refractivity contribution in [3.8, 4) is 0 Å². The zero-order valence-corrected chi connectivity index (χ0v) is 17.5. The van der Waals surface area contributed by atoms with Crippen LogP contribution in [0.3, 0.4) is 0 Å². The third kappa shape index (κ3) is 2.93. The van der Waals surface area contributed by atoms with E-state index in [4.69, 9.17) is 15.0 Å². The lowest BCUT2D eigenvalue weighted by atomic mass is 10.1. The van der Waals surface area contributed by atoms with Gasteiger partial charge in [0.1, 0.15) is 17.2 Å². The van der Waals surface area contributed by atoms with Gasteiger partial charge in [-0.15, -0.1) is 0 Å². The van der Waals surface area contributed by atoms with E-state index < -0.39 is 0 Å². The Balaban J connectivity index is 1.66. The fraction of sp³-hybridized carbons (Fsp3) is 0.280. The lowest BCUT2D eigenvalue weighted by molar-refractivity contribution is 0.498. The molecule has 3 aromatic heterocycles. The number of hydrogen-bond donors (Lipinski definition) is 0. The SMILES string of the molecule is Cc1ccc(Cn2c3nc4ccccc4nc3c3c(=O)n(C4CCCC4)cnc32)cc1. The Kier molecular flexibility index (Phi) is 4.13. The number of rotatable bonds is 3. The number of aryl methyl sites for hydroxylation is 1. The summed E-state index contributed by atoms with van der Waals surface area (Å²) < 4.78 is 3.86. The molecule has 6 heteroatoms. The fourth-order valence-electron chi connectivity index (χ4n) is 4.79. The Labute approximate surface area is 179 Å². The van der Waals surface area contributed by atoms with Crippen LogP contribution >= 0.6 is 0 Å². The van der Waals surface area contributed by atoms with E-state index in [1.165, 1.54) is 5.56 Å². The summed E-state index contributed by atoms with van der Waals surface area (Å²) in [6, 6.07) is 16.5. The summed E-state index contributed by atoms with van der Waals surface area (Å²) in [5, 5.41) is 0.578. The standard InChI is InChI=1S/C25H23N5O/c1-16-10-12-17(13-11-16)14-29-23-21(25(31)30(15-26-23)18-6-2-3-7-18)22-24(29)28-20-9-5-4-8-19(20)27-22/h4-5,8-13,15,18H,2-3,6-7,14H2,1H3. The number of hydrogen-bond acceptors (Lipinski definition) is 4. The molecule has 0 atom stereocenters. The third-order valence-electron chi connectivity index (χ3n) is 6.46. The molecule has 0 radical (unpaired) electrons. The Morgan fingerprint density at radius 2 is 1.65 bits per heavy atom. The maximum Gasteiger partial charge on any atom is 0.265 e. The average Bonchev–Trinajstić information content (AvgIpc) is 3.42. The molecule has 3 heterocycles. The molecule has 1 fully saturated rings. The topological polar surface area (TPSA) is 65.6 Å². The lowest BCUT2D eigenvalue weighted by Gasteiger charge is -2.13. The maximum absolute atomic E-state index is 13.6. The van der Waals surface area contributed by atoms with Crippen molar-refractivity contribution in [1.82, 2.24) is 24.1 Å². The second-order valence-electron chi connectivity index (χ2n) is 8.55. The molecule has 0 amide bonds. The van der Waals surface area contributed by atoms with E-state index in [2.05, 4.69) is 31.2 Å². The van der Waals surface area contributed by atoms with Gasteiger partial charge in [-0.3, -0.25) is 9.36 Å². The van der Waals surface area contributed by atoms with Crippen molar-refractivity contribution in [2.75, 3.05) is 0 Å². The van der Waals surface area contributed by atoms with Gasteiger partial charge in [-0.25, -0.2) is 15.0 Å². The molecule has 6 nitrogen and oxygen atoms in total. The van der Waals surface area contributed by atoms with Crippen LogP contribution in [0.4, 0.5) is 0 Å². The molecule has 0 bridgehead atoms. The van der Waals surface area contributed by atoms with Crippen LogP contribution in [0.1, 0.15) is 42.9 Å². The van der Waals surface area contributed by atoms with Crippen LogP contribution in [-0.2, 0) is 6.54 Å². The van der Waals surface area contributed by atoms with Crippen LogP contribution in [0.5, 0.6) is 0 Å².